The molecule has 2 aliphatic rings. The molecule has 0 bridgehead atoms. The normalized spacial score (nSPS) is 27.3. The van der Waals surface area contributed by atoms with E-state index in [0.29, 0.717) is 32.3 Å². The Balaban J connectivity index is 1.80. The Morgan fingerprint density at radius 3 is 2.86 bits per heavy atom. The molecule has 3 rings (SSSR count). The van der Waals surface area contributed by atoms with Crippen molar-refractivity contribution in [1.29, 1.82) is 0 Å². The molecular weight excluding hydrogens is 280 g/mol. The number of aryl methyl sites for hydroxylation is 1. The molecule has 1 aromatic rings. The number of fused-ring (bicyclic) bond motifs is 1. The zero-order valence-electron chi connectivity index (χ0n) is 13.3. The van der Waals surface area contributed by atoms with E-state index >= 15 is 0 Å². The highest BCUT2D eigenvalue weighted by Gasteiger charge is 2.47. The number of aromatic nitrogens is 1. The van der Waals surface area contributed by atoms with Gasteiger partial charge in [0, 0.05) is 12.5 Å². The van der Waals surface area contributed by atoms with E-state index in [1.807, 2.05) is 13.0 Å². The van der Waals surface area contributed by atoms with Crippen molar-refractivity contribution < 1.29 is 14.6 Å². The number of hydrogen-bond donors (Lipinski definition) is 1. The Bertz CT molecular complexity index is 567. The van der Waals surface area contributed by atoms with Gasteiger partial charge in [0.2, 0.25) is 5.91 Å². The van der Waals surface area contributed by atoms with Gasteiger partial charge in [0.1, 0.15) is 11.6 Å². The average Bonchev–Trinajstić information content (AvgIpc) is 2.50. The van der Waals surface area contributed by atoms with Crippen molar-refractivity contribution in [1.82, 2.24) is 4.98 Å². The number of nitrogens with zero attached hydrogens (tertiary/aromatic N) is 2. The lowest BCUT2D eigenvalue weighted by Gasteiger charge is -2.49. The number of aliphatic hydroxyl groups is 1. The van der Waals surface area contributed by atoms with Gasteiger partial charge < -0.3 is 9.84 Å². The molecule has 5 nitrogen and oxygen atoms in total. The molecule has 1 aromatic heterocycles. The van der Waals surface area contributed by atoms with Gasteiger partial charge in [-0.15, -0.1) is 0 Å². The van der Waals surface area contributed by atoms with Crippen LogP contribution in [0.1, 0.15) is 51.5 Å². The smallest absolute Gasteiger partial charge is 0.228 e. The van der Waals surface area contributed by atoms with Crippen LogP contribution in [0.15, 0.2) is 12.3 Å². The second kappa shape index (κ2) is 5.88. The molecule has 1 aliphatic carbocycles. The molecule has 1 aliphatic heterocycles. The Hall–Kier alpha value is -1.62. The molecule has 0 unspecified atom stereocenters. The van der Waals surface area contributed by atoms with E-state index < -0.39 is 5.60 Å². The quantitative estimate of drug-likeness (QED) is 0.907. The van der Waals surface area contributed by atoms with Crippen LogP contribution in [0.5, 0.6) is 5.75 Å². The predicted octanol–water partition coefficient (Wildman–Crippen LogP) is 2.45. The van der Waals surface area contributed by atoms with Crippen LogP contribution in [0.2, 0.25) is 0 Å². The van der Waals surface area contributed by atoms with Crippen LogP contribution in [0.4, 0.5) is 5.82 Å². The van der Waals surface area contributed by atoms with Crippen molar-refractivity contribution in [3.63, 3.8) is 0 Å². The van der Waals surface area contributed by atoms with Crippen molar-refractivity contribution in [2.45, 2.75) is 64.0 Å². The third kappa shape index (κ3) is 2.70. The first-order valence-electron chi connectivity index (χ1n) is 8.22. The second-order valence-electron chi connectivity index (χ2n) is 6.41. The molecule has 120 valence electrons. The second-order valence-corrected chi connectivity index (χ2v) is 6.41. The van der Waals surface area contributed by atoms with Crippen molar-refractivity contribution in [3.8, 4) is 5.75 Å². The first-order valence-corrected chi connectivity index (χ1v) is 8.22. The molecule has 1 saturated carbocycles. The number of anilines is 1. The van der Waals surface area contributed by atoms with Crippen LogP contribution < -0.4 is 9.64 Å². The minimum Gasteiger partial charge on any atom is -0.492 e. The number of rotatable bonds is 5. The number of carbonyl (C=O) groups is 1. The Morgan fingerprint density at radius 1 is 1.41 bits per heavy atom. The first kappa shape index (κ1) is 15.3. The number of hydrogen-bond acceptors (Lipinski definition) is 4. The molecule has 1 amide bonds. The topological polar surface area (TPSA) is 62.7 Å². The predicted molar refractivity (Wildman–Crippen MR) is 84.1 cm³/mol. The van der Waals surface area contributed by atoms with Gasteiger partial charge in [-0.1, -0.05) is 13.8 Å². The molecule has 5 heteroatoms. The zero-order valence-corrected chi connectivity index (χ0v) is 13.3. The van der Waals surface area contributed by atoms with Crippen LogP contribution in [-0.4, -0.2) is 34.2 Å². The van der Waals surface area contributed by atoms with E-state index in [1.54, 1.807) is 11.1 Å². The van der Waals surface area contributed by atoms with Gasteiger partial charge >= 0.3 is 0 Å². The molecular formula is C17H24N2O3. The summed E-state index contributed by atoms with van der Waals surface area (Å²) in [4.78, 5) is 18.6. The lowest BCUT2D eigenvalue weighted by Crippen LogP contribution is -2.58. The number of pyridine rings is 1. The van der Waals surface area contributed by atoms with E-state index in [0.717, 1.165) is 30.0 Å². The Kier molecular flexibility index (Phi) is 4.08. The van der Waals surface area contributed by atoms with Gasteiger partial charge in [-0.05, 0) is 43.7 Å². The fourth-order valence-electron chi connectivity index (χ4n) is 3.33. The summed E-state index contributed by atoms with van der Waals surface area (Å²) in [6, 6.07) is 2.08. The van der Waals surface area contributed by atoms with Gasteiger partial charge in [0.15, 0.2) is 0 Å². The minimum atomic E-state index is -0.604. The molecule has 0 saturated heterocycles. The summed E-state index contributed by atoms with van der Waals surface area (Å²) in [6.45, 7) is 4.73. The molecule has 22 heavy (non-hydrogen) atoms. The summed E-state index contributed by atoms with van der Waals surface area (Å²) >= 11 is 0. The van der Waals surface area contributed by atoms with Crippen LogP contribution >= 0.6 is 0 Å². The molecule has 0 aromatic carbocycles. The fourth-order valence-corrected chi connectivity index (χ4v) is 3.33. The van der Waals surface area contributed by atoms with Crippen molar-refractivity contribution in [3.05, 3.63) is 17.8 Å². The fraction of sp³-hybridized carbons (Fsp3) is 0.647. The number of ether oxygens (including phenoxy) is 1. The lowest BCUT2D eigenvalue weighted by molar-refractivity contribution is -0.122. The molecule has 0 spiro atoms. The van der Waals surface area contributed by atoms with E-state index in [9.17, 15) is 9.90 Å². The third-order valence-electron chi connectivity index (χ3n) is 4.75. The monoisotopic (exact) mass is 304 g/mol. The summed E-state index contributed by atoms with van der Waals surface area (Å²) in [5.74, 6) is 1.64. The van der Waals surface area contributed by atoms with Crippen molar-refractivity contribution in [2.75, 3.05) is 11.5 Å². The Labute approximate surface area is 131 Å². The molecule has 2 heterocycles. The Morgan fingerprint density at radius 2 is 2.18 bits per heavy atom. The van der Waals surface area contributed by atoms with Crippen LogP contribution in [0.3, 0.4) is 0 Å². The van der Waals surface area contributed by atoms with Gasteiger partial charge in [-0.3, -0.25) is 9.69 Å². The summed E-state index contributed by atoms with van der Waals surface area (Å²) in [6.07, 6.45) is 5.90. The molecule has 1 fully saturated rings. The van der Waals surface area contributed by atoms with E-state index in [2.05, 4.69) is 11.9 Å². The maximum Gasteiger partial charge on any atom is 0.228 e. The van der Waals surface area contributed by atoms with E-state index in [1.165, 1.54) is 0 Å². The van der Waals surface area contributed by atoms with Crippen LogP contribution in [-0.2, 0) is 11.2 Å². The van der Waals surface area contributed by atoms with Gasteiger partial charge in [0.25, 0.3) is 0 Å². The van der Waals surface area contributed by atoms with Crippen LogP contribution in [0.25, 0.3) is 0 Å². The van der Waals surface area contributed by atoms with E-state index in [4.69, 9.17) is 4.74 Å². The van der Waals surface area contributed by atoms with Crippen molar-refractivity contribution in [2.24, 2.45) is 0 Å². The average molecular weight is 304 g/mol. The first-order chi connectivity index (χ1) is 10.6. The lowest BCUT2D eigenvalue weighted by atomic mass is 9.73. The van der Waals surface area contributed by atoms with Gasteiger partial charge in [-0.25, -0.2) is 4.98 Å². The van der Waals surface area contributed by atoms with Gasteiger partial charge in [-0.2, -0.15) is 0 Å². The molecule has 0 radical (unpaired) electrons. The summed E-state index contributed by atoms with van der Waals surface area (Å²) in [7, 11) is 0. The SMILES string of the molecule is CCCOc1cnc2c(c1)CCC(=O)N2[C@H]1C[C@](O)(CC)C1. The number of carbonyl (C=O) groups excluding carboxylic acids is 1. The summed E-state index contributed by atoms with van der Waals surface area (Å²) in [5, 5.41) is 10.2. The summed E-state index contributed by atoms with van der Waals surface area (Å²) < 4.78 is 5.63. The van der Waals surface area contributed by atoms with Gasteiger partial charge in [0.05, 0.1) is 18.4 Å². The molecule has 0 atom stereocenters. The number of amides is 1. The minimum absolute atomic E-state index is 0.0754. The summed E-state index contributed by atoms with van der Waals surface area (Å²) in [5.41, 5.74) is 0.465. The largest absolute Gasteiger partial charge is 0.492 e. The highest BCUT2D eigenvalue weighted by molar-refractivity contribution is 5.96. The maximum absolute atomic E-state index is 12.3. The molecule has 1 N–H and O–H groups in total. The highest BCUT2D eigenvalue weighted by atomic mass is 16.5. The highest BCUT2D eigenvalue weighted by Crippen LogP contribution is 2.42. The zero-order chi connectivity index (χ0) is 15.7. The standard InChI is InChI=1S/C17H24N2O3/c1-3-7-22-14-8-12-5-6-15(20)19(16(12)18-11-14)13-9-17(21,4-2)10-13/h8,11,13,21H,3-7,9-10H2,1-2H3/t13-,17+. The van der Waals surface area contributed by atoms with E-state index in [-0.39, 0.29) is 11.9 Å². The van der Waals surface area contributed by atoms with Crippen molar-refractivity contribution >= 4 is 11.7 Å². The third-order valence-corrected chi connectivity index (χ3v) is 4.75. The maximum atomic E-state index is 12.3. The van der Waals surface area contributed by atoms with Crippen LogP contribution in [0, 0.1) is 0 Å².